The minimum Gasteiger partial charge on any atom is -0.494 e. The smallest absolute Gasteiger partial charge is 0.124 e. The maximum absolute atomic E-state index is 6.11. The van der Waals surface area contributed by atoms with Gasteiger partial charge in [-0.3, -0.25) is 0 Å². The van der Waals surface area contributed by atoms with Gasteiger partial charge in [-0.05, 0) is 18.9 Å². The van der Waals surface area contributed by atoms with E-state index in [1.54, 1.807) is 0 Å². The first kappa shape index (κ1) is 14.0. The van der Waals surface area contributed by atoms with Crippen LogP contribution in [-0.4, -0.2) is 19.8 Å². The summed E-state index contributed by atoms with van der Waals surface area (Å²) in [6, 6.07) is 7.74. The van der Waals surface area contributed by atoms with E-state index in [1.165, 1.54) is 0 Å². The molecule has 3 nitrogen and oxygen atoms in total. The number of nitrogens with two attached hydrogens (primary N) is 1. The summed E-state index contributed by atoms with van der Waals surface area (Å²) < 4.78 is 11.1. The molecule has 0 aliphatic rings. The number of ether oxygens (including phenoxy) is 2. The van der Waals surface area contributed by atoms with Crippen LogP contribution in [0.15, 0.2) is 24.3 Å². The standard InChI is InChI=1S/C14H23NO2/c1-4-17-14-8-6-5-7-12(14)13(15)10-16-9-11(2)3/h5-8,11,13H,4,9-10,15H2,1-3H3. The van der Waals surface area contributed by atoms with Gasteiger partial charge in [0.25, 0.3) is 0 Å². The summed E-state index contributed by atoms with van der Waals surface area (Å²) in [7, 11) is 0. The fourth-order valence-corrected chi connectivity index (χ4v) is 1.59. The predicted molar refractivity (Wildman–Crippen MR) is 70.2 cm³/mol. The minimum absolute atomic E-state index is 0.128. The van der Waals surface area contributed by atoms with E-state index >= 15 is 0 Å². The highest BCUT2D eigenvalue weighted by Gasteiger charge is 2.11. The first-order valence-corrected chi connectivity index (χ1v) is 6.20. The maximum atomic E-state index is 6.11. The molecule has 1 aromatic rings. The Bertz CT molecular complexity index is 326. The van der Waals surface area contributed by atoms with Gasteiger partial charge >= 0.3 is 0 Å². The molecule has 1 rings (SSSR count). The van der Waals surface area contributed by atoms with Crippen molar-refractivity contribution in [2.24, 2.45) is 11.7 Å². The zero-order valence-corrected chi connectivity index (χ0v) is 11.0. The van der Waals surface area contributed by atoms with Gasteiger partial charge in [-0.15, -0.1) is 0 Å². The Morgan fingerprint density at radius 2 is 1.88 bits per heavy atom. The van der Waals surface area contributed by atoms with E-state index < -0.39 is 0 Å². The molecule has 0 bridgehead atoms. The Hall–Kier alpha value is -1.06. The van der Waals surface area contributed by atoms with Crippen LogP contribution < -0.4 is 10.5 Å². The molecular weight excluding hydrogens is 214 g/mol. The largest absolute Gasteiger partial charge is 0.494 e. The summed E-state index contributed by atoms with van der Waals surface area (Å²) in [5.41, 5.74) is 7.12. The van der Waals surface area contributed by atoms with E-state index in [2.05, 4.69) is 13.8 Å². The van der Waals surface area contributed by atoms with Crippen molar-refractivity contribution in [2.75, 3.05) is 19.8 Å². The zero-order valence-electron chi connectivity index (χ0n) is 11.0. The summed E-state index contributed by atoms with van der Waals surface area (Å²) in [6.45, 7) is 8.14. The maximum Gasteiger partial charge on any atom is 0.124 e. The Labute approximate surface area is 104 Å². The van der Waals surface area contributed by atoms with Crippen LogP contribution in [0.25, 0.3) is 0 Å². The molecule has 2 N–H and O–H groups in total. The zero-order chi connectivity index (χ0) is 12.7. The molecule has 0 fully saturated rings. The average molecular weight is 237 g/mol. The second-order valence-electron chi connectivity index (χ2n) is 4.51. The van der Waals surface area contributed by atoms with Crippen molar-refractivity contribution < 1.29 is 9.47 Å². The second kappa shape index (κ2) is 7.30. The summed E-state index contributed by atoms with van der Waals surface area (Å²) >= 11 is 0. The molecule has 96 valence electrons. The quantitative estimate of drug-likeness (QED) is 0.793. The third-order valence-corrected chi connectivity index (χ3v) is 2.37. The SMILES string of the molecule is CCOc1ccccc1C(N)COCC(C)C. The molecule has 0 spiro atoms. The lowest BCUT2D eigenvalue weighted by atomic mass is 10.1. The number of para-hydroxylation sites is 1. The van der Waals surface area contributed by atoms with Crippen LogP contribution in [0.1, 0.15) is 32.4 Å². The van der Waals surface area contributed by atoms with Gasteiger partial charge in [-0.2, -0.15) is 0 Å². The molecule has 1 aromatic carbocycles. The first-order chi connectivity index (χ1) is 8.15. The molecule has 3 heteroatoms. The van der Waals surface area contributed by atoms with Crippen LogP contribution in [0.2, 0.25) is 0 Å². The van der Waals surface area contributed by atoms with Gasteiger partial charge in [0, 0.05) is 12.2 Å². The fraction of sp³-hybridized carbons (Fsp3) is 0.571. The van der Waals surface area contributed by atoms with E-state index in [0.29, 0.717) is 19.1 Å². The summed E-state index contributed by atoms with van der Waals surface area (Å²) in [4.78, 5) is 0. The van der Waals surface area contributed by atoms with E-state index in [4.69, 9.17) is 15.2 Å². The van der Waals surface area contributed by atoms with Gasteiger partial charge in [0.2, 0.25) is 0 Å². The second-order valence-corrected chi connectivity index (χ2v) is 4.51. The van der Waals surface area contributed by atoms with Gasteiger partial charge < -0.3 is 15.2 Å². The topological polar surface area (TPSA) is 44.5 Å². The molecule has 0 aromatic heterocycles. The van der Waals surface area contributed by atoms with E-state index in [0.717, 1.165) is 17.9 Å². The van der Waals surface area contributed by atoms with Gasteiger partial charge in [-0.25, -0.2) is 0 Å². The molecule has 0 aliphatic heterocycles. The van der Waals surface area contributed by atoms with Gasteiger partial charge in [0.15, 0.2) is 0 Å². The number of rotatable bonds is 7. The Morgan fingerprint density at radius 3 is 2.53 bits per heavy atom. The van der Waals surface area contributed by atoms with Gasteiger partial charge in [0.05, 0.1) is 19.3 Å². The molecule has 0 amide bonds. The summed E-state index contributed by atoms with van der Waals surface area (Å²) in [5.74, 6) is 1.39. The van der Waals surface area contributed by atoms with Crippen LogP contribution in [0.3, 0.4) is 0 Å². The number of hydrogen-bond donors (Lipinski definition) is 1. The van der Waals surface area contributed by atoms with E-state index in [-0.39, 0.29) is 6.04 Å². The molecule has 17 heavy (non-hydrogen) atoms. The molecule has 0 saturated heterocycles. The molecule has 0 saturated carbocycles. The van der Waals surface area contributed by atoms with Crippen molar-refractivity contribution in [3.63, 3.8) is 0 Å². The van der Waals surface area contributed by atoms with Crippen molar-refractivity contribution in [1.82, 2.24) is 0 Å². The van der Waals surface area contributed by atoms with Crippen LogP contribution in [-0.2, 0) is 4.74 Å². The monoisotopic (exact) mass is 237 g/mol. The first-order valence-electron chi connectivity index (χ1n) is 6.20. The Balaban J connectivity index is 2.58. The highest BCUT2D eigenvalue weighted by Crippen LogP contribution is 2.23. The van der Waals surface area contributed by atoms with Crippen molar-refractivity contribution in [2.45, 2.75) is 26.8 Å². The number of hydrogen-bond acceptors (Lipinski definition) is 3. The minimum atomic E-state index is -0.128. The molecular formula is C14H23NO2. The lowest BCUT2D eigenvalue weighted by Gasteiger charge is -2.17. The van der Waals surface area contributed by atoms with Crippen molar-refractivity contribution >= 4 is 0 Å². The van der Waals surface area contributed by atoms with Gasteiger partial charge in [-0.1, -0.05) is 32.0 Å². The molecule has 0 heterocycles. The van der Waals surface area contributed by atoms with E-state index in [1.807, 2.05) is 31.2 Å². The van der Waals surface area contributed by atoms with Crippen molar-refractivity contribution in [1.29, 1.82) is 0 Å². The molecule has 0 radical (unpaired) electrons. The Kier molecular flexibility index (Phi) is 6.01. The Morgan fingerprint density at radius 1 is 1.18 bits per heavy atom. The lowest BCUT2D eigenvalue weighted by molar-refractivity contribution is 0.0977. The normalized spacial score (nSPS) is 12.8. The predicted octanol–water partition coefficient (Wildman–Crippen LogP) is 2.76. The molecule has 1 unspecified atom stereocenters. The fourth-order valence-electron chi connectivity index (χ4n) is 1.59. The van der Waals surface area contributed by atoms with Crippen molar-refractivity contribution in [3.05, 3.63) is 29.8 Å². The van der Waals surface area contributed by atoms with Gasteiger partial charge in [0.1, 0.15) is 5.75 Å². The average Bonchev–Trinajstić information content (AvgIpc) is 2.29. The third-order valence-electron chi connectivity index (χ3n) is 2.37. The van der Waals surface area contributed by atoms with Crippen LogP contribution >= 0.6 is 0 Å². The summed E-state index contributed by atoms with van der Waals surface area (Å²) in [5, 5.41) is 0. The van der Waals surface area contributed by atoms with Crippen LogP contribution in [0, 0.1) is 5.92 Å². The van der Waals surface area contributed by atoms with E-state index in [9.17, 15) is 0 Å². The van der Waals surface area contributed by atoms with Crippen LogP contribution in [0.5, 0.6) is 5.75 Å². The molecule has 0 aliphatic carbocycles. The molecule has 1 atom stereocenters. The third kappa shape index (κ3) is 4.75. The number of benzene rings is 1. The highest BCUT2D eigenvalue weighted by atomic mass is 16.5. The summed E-state index contributed by atoms with van der Waals surface area (Å²) in [6.07, 6.45) is 0. The highest BCUT2D eigenvalue weighted by molar-refractivity contribution is 5.35. The van der Waals surface area contributed by atoms with Crippen molar-refractivity contribution in [3.8, 4) is 5.75 Å². The lowest BCUT2D eigenvalue weighted by Crippen LogP contribution is -2.19. The van der Waals surface area contributed by atoms with Crippen LogP contribution in [0.4, 0.5) is 0 Å².